The molecule has 1 saturated heterocycles. The summed E-state index contributed by atoms with van der Waals surface area (Å²) in [6, 6.07) is 6.61. The van der Waals surface area contributed by atoms with Crippen LogP contribution in [0.4, 0.5) is 0 Å². The maximum absolute atomic E-state index is 11.3. The largest absolute Gasteiger partial charge is 0.381 e. The third-order valence-corrected chi connectivity index (χ3v) is 5.33. The molecule has 4 N–H and O–H groups in total. The number of primary sulfonamides is 1. The molecule has 0 bridgehead atoms. The Labute approximate surface area is 191 Å². The summed E-state index contributed by atoms with van der Waals surface area (Å²) in [5.41, 5.74) is 1.03. The van der Waals surface area contributed by atoms with Crippen molar-refractivity contribution in [3.63, 3.8) is 0 Å². The van der Waals surface area contributed by atoms with Crippen molar-refractivity contribution in [1.29, 1.82) is 0 Å². The average Bonchev–Trinajstić information content (AvgIpc) is 3.17. The number of nitrogens with zero attached hydrogens (tertiary/aromatic N) is 1. The highest BCUT2D eigenvalue weighted by molar-refractivity contribution is 14.0. The van der Waals surface area contributed by atoms with Crippen molar-refractivity contribution in [2.24, 2.45) is 16.0 Å². The van der Waals surface area contributed by atoms with Crippen LogP contribution in [0, 0.1) is 5.92 Å². The molecule has 1 aromatic carbocycles. The van der Waals surface area contributed by atoms with E-state index in [1.165, 1.54) is 12.1 Å². The van der Waals surface area contributed by atoms with Gasteiger partial charge < -0.3 is 20.1 Å². The Bertz CT molecular complexity index is 707. The van der Waals surface area contributed by atoms with Gasteiger partial charge in [-0.15, -0.1) is 24.0 Å². The Morgan fingerprint density at radius 3 is 2.69 bits per heavy atom. The summed E-state index contributed by atoms with van der Waals surface area (Å²) in [4.78, 5) is 4.68. The first-order chi connectivity index (χ1) is 13.5. The molecule has 1 fully saturated rings. The molecule has 0 aliphatic carbocycles. The molecular formula is C19H33IN4O4S. The lowest BCUT2D eigenvalue weighted by molar-refractivity contribution is 0.0893. The van der Waals surface area contributed by atoms with E-state index in [2.05, 4.69) is 15.6 Å². The fourth-order valence-corrected chi connectivity index (χ4v) is 3.35. The van der Waals surface area contributed by atoms with E-state index in [-0.39, 0.29) is 28.9 Å². The molecule has 1 aliphatic rings. The molecule has 166 valence electrons. The van der Waals surface area contributed by atoms with E-state index >= 15 is 0 Å². The summed E-state index contributed by atoms with van der Waals surface area (Å²) < 4.78 is 33.6. The SMILES string of the molecule is CCNC(=NCCCOCC1CCOC1)NCCc1ccc(S(N)(=O)=O)cc1.I. The molecule has 1 aliphatic heterocycles. The van der Waals surface area contributed by atoms with Crippen LogP contribution < -0.4 is 15.8 Å². The van der Waals surface area contributed by atoms with Crippen molar-refractivity contribution in [2.75, 3.05) is 46.1 Å². The number of ether oxygens (including phenoxy) is 2. The van der Waals surface area contributed by atoms with Gasteiger partial charge in [0.2, 0.25) is 10.0 Å². The summed E-state index contributed by atoms with van der Waals surface area (Å²) in [6.07, 6.45) is 2.72. The molecule has 29 heavy (non-hydrogen) atoms. The molecule has 0 radical (unpaired) electrons. The minimum atomic E-state index is -3.64. The zero-order valence-electron chi connectivity index (χ0n) is 16.9. The number of nitrogens with two attached hydrogens (primary N) is 1. The molecule has 8 nitrogen and oxygen atoms in total. The molecule has 0 saturated carbocycles. The predicted molar refractivity (Wildman–Crippen MR) is 125 cm³/mol. The second-order valence-electron chi connectivity index (χ2n) is 6.78. The maximum atomic E-state index is 11.3. The first-order valence-electron chi connectivity index (χ1n) is 9.78. The highest BCUT2D eigenvalue weighted by Crippen LogP contribution is 2.12. The van der Waals surface area contributed by atoms with Crippen molar-refractivity contribution in [1.82, 2.24) is 10.6 Å². The first kappa shape index (κ1) is 26.1. The minimum Gasteiger partial charge on any atom is -0.381 e. The van der Waals surface area contributed by atoms with Crippen LogP contribution in [0.25, 0.3) is 0 Å². The van der Waals surface area contributed by atoms with Gasteiger partial charge in [0, 0.05) is 38.8 Å². The number of benzene rings is 1. The maximum Gasteiger partial charge on any atom is 0.238 e. The number of nitrogens with one attached hydrogen (secondary N) is 2. The van der Waals surface area contributed by atoms with E-state index in [1.807, 2.05) is 6.92 Å². The van der Waals surface area contributed by atoms with E-state index in [4.69, 9.17) is 14.6 Å². The summed E-state index contributed by atoms with van der Waals surface area (Å²) in [6.45, 7) is 7.34. The second kappa shape index (κ2) is 14.1. The summed E-state index contributed by atoms with van der Waals surface area (Å²) in [7, 11) is -3.64. The molecular weight excluding hydrogens is 507 g/mol. The highest BCUT2D eigenvalue weighted by Gasteiger charge is 2.15. The molecule has 1 heterocycles. The van der Waals surface area contributed by atoms with E-state index in [0.29, 0.717) is 25.6 Å². The first-order valence-corrected chi connectivity index (χ1v) is 11.3. The van der Waals surface area contributed by atoms with Gasteiger partial charge in [-0.2, -0.15) is 0 Å². The number of halogens is 1. The molecule has 2 rings (SSSR count). The quantitative estimate of drug-likeness (QED) is 0.170. The summed E-state index contributed by atoms with van der Waals surface area (Å²) in [5, 5.41) is 11.6. The smallest absolute Gasteiger partial charge is 0.238 e. The number of hydrogen-bond donors (Lipinski definition) is 3. The zero-order chi connectivity index (χ0) is 20.2. The number of hydrogen-bond acceptors (Lipinski definition) is 5. The Balaban J connectivity index is 0.00000420. The summed E-state index contributed by atoms with van der Waals surface area (Å²) >= 11 is 0. The number of sulfonamides is 1. The fraction of sp³-hybridized carbons (Fsp3) is 0.632. The van der Waals surface area contributed by atoms with Gasteiger partial charge in [-0.25, -0.2) is 13.6 Å². The average molecular weight is 540 g/mol. The minimum absolute atomic E-state index is 0. The Kier molecular flexibility index (Phi) is 12.7. The van der Waals surface area contributed by atoms with Gasteiger partial charge in [0.05, 0.1) is 18.1 Å². The van der Waals surface area contributed by atoms with Gasteiger partial charge in [-0.05, 0) is 43.9 Å². The fourth-order valence-electron chi connectivity index (χ4n) is 2.84. The van der Waals surface area contributed by atoms with E-state index in [9.17, 15) is 8.42 Å². The molecule has 1 unspecified atom stereocenters. The molecule has 1 atom stereocenters. The van der Waals surface area contributed by atoms with Crippen molar-refractivity contribution < 1.29 is 17.9 Å². The van der Waals surface area contributed by atoms with Gasteiger partial charge in [-0.1, -0.05) is 12.1 Å². The molecule has 0 amide bonds. The van der Waals surface area contributed by atoms with Crippen molar-refractivity contribution in [3.8, 4) is 0 Å². The number of aliphatic imine (C=N–C) groups is 1. The third kappa shape index (κ3) is 10.6. The molecule has 0 aromatic heterocycles. The van der Waals surface area contributed by atoms with E-state index in [1.54, 1.807) is 12.1 Å². The predicted octanol–water partition coefficient (Wildman–Crippen LogP) is 1.49. The van der Waals surface area contributed by atoms with Crippen LogP contribution in [0.5, 0.6) is 0 Å². The lowest BCUT2D eigenvalue weighted by atomic mass is 10.1. The summed E-state index contributed by atoms with van der Waals surface area (Å²) in [5.74, 6) is 1.31. The second-order valence-corrected chi connectivity index (χ2v) is 8.35. The van der Waals surface area contributed by atoms with Crippen LogP contribution in [0.2, 0.25) is 0 Å². The van der Waals surface area contributed by atoms with Gasteiger partial charge >= 0.3 is 0 Å². The van der Waals surface area contributed by atoms with Crippen molar-refractivity contribution >= 4 is 40.0 Å². The van der Waals surface area contributed by atoms with Crippen LogP contribution in [-0.2, 0) is 25.9 Å². The van der Waals surface area contributed by atoms with Crippen LogP contribution >= 0.6 is 24.0 Å². The lowest BCUT2D eigenvalue weighted by Crippen LogP contribution is -2.38. The topological polar surface area (TPSA) is 115 Å². The van der Waals surface area contributed by atoms with Gasteiger partial charge in [0.15, 0.2) is 5.96 Å². The Morgan fingerprint density at radius 1 is 1.31 bits per heavy atom. The number of rotatable bonds is 11. The van der Waals surface area contributed by atoms with Crippen LogP contribution in [-0.4, -0.2) is 60.4 Å². The van der Waals surface area contributed by atoms with Gasteiger partial charge in [0.1, 0.15) is 0 Å². The highest BCUT2D eigenvalue weighted by atomic mass is 127. The molecule has 0 spiro atoms. The normalized spacial score (nSPS) is 17.0. The Hall–Kier alpha value is -0.950. The lowest BCUT2D eigenvalue weighted by Gasteiger charge is -2.12. The monoisotopic (exact) mass is 540 g/mol. The van der Waals surface area contributed by atoms with Gasteiger partial charge in [0.25, 0.3) is 0 Å². The van der Waals surface area contributed by atoms with E-state index in [0.717, 1.165) is 57.2 Å². The van der Waals surface area contributed by atoms with Crippen molar-refractivity contribution in [2.45, 2.75) is 31.1 Å². The third-order valence-electron chi connectivity index (χ3n) is 4.40. The van der Waals surface area contributed by atoms with E-state index < -0.39 is 10.0 Å². The zero-order valence-corrected chi connectivity index (χ0v) is 20.1. The van der Waals surface area contributed by atoms with Crippen LogP contribution in [0.3, 0.4) is 0 Å². The standard InChI is InChI=1S/C19H32N4O4S.HI/c1-2-21-19(22-10-3-12-26-14-17-9-13-27-15-17)23-11-8-16-4-6-18(7-5-16)28(20,24)25;/h4-7,17H,2-3,8-15H2,1H3,(H2,20,24,25)(H2,21,22,23);1H. The van der Waals surface area contributed by atoms with Crippen LogP contribution in [0.1, 0.15) is 25.3 Å². The number of guanidine groups is 1. The molecule has 1 aromatic rings. The van der Waals surface area contributed by atoms with Gasteiger partial charge in [-0.3, -0.25) is 4.99 Å². The van der Waals surface area contributed by atoms with Crippen LogP contribution in [0.15, 0.2) is 34.2 Å². The Morgan fingerprint density at radius 2 is 2.07 bits per heavy atom. The van der Waals surface area contributed by atoms with Crippen molar-refractivity contribution in [3.05, 3.63) is 29.8 Å². The molecule has 10 heteroatoms.